The van der Waals surface area contributed by atoms with Crippen LogP contribution in [0, 0.1) is 6.92 Å². The first-order valence-corrected chi connectivity index (χ1v) is 7.49. The van der Waals surface area contributed by atoms with E-state index in [0.717, 1.165) is 22.8 Å². The third kappa shape index (κ3) is 3.51. The van der Waals surface area contributed by atoms with Crippen LogP contribution in [0.5, 0.6) is 0 Å². The number of hydrogen-bond acceptors (Lipinski definition) is 4. The molecule has 112 valence electrons. The summed E-state index contributed by atoms with van der Waals surface area (Å²) < 4.78 is 6.10. The number of benzene rings is 1. The van der Waals surface area contributed by atoms with Gasteiger partial charge in [-0.25, -0.2) is 4.79 Å². The molecule has 0 saturated heterocycles. The lowest BCUT2D eigenvalue weighted by Crippen LogP contribution is -2.31. The maximum atomic E-state index is 12.2. The number of rotatable bonds is 5. The summed E-state index contributed by atoms with van der Waals surface area (Å²) in [6, 6.07) is 5.34. The number of hydrogen-bond donors (Lipinski definition) is 2. The minimum atomic E-state index is -0.603. The maximum Gasteiger partial charge on any atom is 0.349 e. The molecular weight excluding hydrogens is 336 g/mol. The van der Waals surface area contributed by atoms with Gasteiger partial charge in [0.25, 0.3) is 5.91 Å². The molecule has 0 aliphatic rings. The third-order valence-electron chi connectivity index (χ3n) is 3.24. The van der Waals surface area contributed by atoms with Crippen LogP contribution in [-0.4, -0.2) is 26.0 Å². The lowest BCUT2D eigenvalue weighted by molar-refractivity contribution is 0.0949. The van der Waals surface area contributed by atoms with Crippen LogP contribution in [-0.2, 0) is 0 Å². The van der Waals surface area contributed by atoms with E-state index in [0.29, 0.717) is 17.7 Å². The molecule has 2 N–H and O–H groups in total. The van der Waals surface area contributed by atoms with Crippen molar-refractivity contribution in [3.05, 3.63) is 44.2 Å². The molecular formula is C15H17BrN2O3. The van der Waals surface area contributed by atoms with Crippen molar-refractivity contribution in [2.24, 2.45) is 0 Å². The fourth-order valence-corrected chi connectivity index (χ4v) is 2.50. The molecule has 0 bridgehead atoms. The smallest absolute Gasteiger partial charge is 0.349 e. The van der Waals surface area contributed by atoms with Crippen molar-refractivity contribution in [3.8, 4) is 0 Å². The molecule has 0 aliphatic heterocycles. The normalized spacial score (nSPS) is 10.8. The second-order valence-corrected chi connectivity index (χ2v) is 5.66. The van der Waals surface area contributed by atoms with E-state index in [9.17, 15) is 9.59 Å². The minimum absolute atomic E-state index is 0.0741. The van der Waals surface area contributed by atoms with Crippen molar-refractivity contribution >= 4 is 32.8 Å². The molecule has 0 aliphatic carbocycles. The lowest BCUT2D eigenvalue weighted by atomic mass is 10.1. The average Bonchev–Trinajstić information content (AvgIpc) is 2.44. The first kappa shape index (κ1) is 15.7. The SMILES string of the molecule is CNCCCNC(=O)c1c(C)c2cc(Br)ccc2oc1=O. The molecule has 0 radical (unpaired) electrons. The summed E-state index contributed by atoms with van der Waals surface area (Å²) in [7, 11) is 1.85. The Morgan fingerprint density at radius 2 is 2.10 bits per heavy atom. The summed E-state index contributed by atoms with van der Waals surface area (Å²) in [5, 5.41) is 6.50. The predicted molar refractivity (Wildman–Crippen MR) is 85.8 cm³/mol. The molecule has 2 aromatic rings. The van der Waals surface area contributed by atoms with Crippen LogP contribution in [0.2, 0.25) is 0 Å². The van der Waals surface area contributed by atoms with Crippen molar-refractivity contribution in [3.63, 3.8) is 0 Å². The molecule has 2 rings (SSSR count). The molecule has 0 spiro atoms. The quantitative estimate of drug-likeness (QED) is 0.639. The highest BCUT2D eigenvalue weighted by Gasteiger charge is 2.18. The Bertz CT molecular complexity index is 725. The topological polar surface area (TPSA) is 71.3 Å². The molecule has 1 heterocycles. The highest BCUT2D eigenvalue weighted by Crippen LogP contribution is 2.23. The summed E-state index contributed by atoms with van der Waals surface area (Å²) in [6.45, 7) is 3.07. The van der Waals surface area contributed by atoms with Gasteiger partial charge in [-0.3, -0.25) is 4.79 Å². The van der Waals surface area contributed by atoms with Gasteiger partial charge in [0.15, 0.2) is 0 Å². The number of nitrogens with one attached hydrogen (secondary N) is 2. The Balaban J connectivity index is 2.35. The van der Waals surface area contributed by atoms with E-state index >= 15 is 0 Å². The van der Waals surface area contributed by atoms with Crippen molar-refractivity contribution in [1.82, 2.24) is 10.6 Å². The van der Waals surface area contributed by atoms with Crippen molar-refractivity contribution < 1.29 is 9.21 Å². The summed E-state index contributed by atoms with van der Waals surface area (Å²) in [4.78, 5) is 24.2. The van der Waals surface area contributed by atoms with E-state index in [1.807, 2.05) is 13.1 Å². The van der Waals surface area contributed by atoms with Gasteiger partial charge in [0, 0.05) is 16.4 Å². The second kappa shape index (κ2) is 6.87. The highest BCUT2D eigenvalue weighted by atomic mass is 79.9. The Kier molecular flexibility index (Phi) is 5.14. The summed E-state index contributed by atoms with van der Waals surface area (Å²) in [6.07, 6.45) is 0.797. The molecule has 1 aromatic carbocycles. The molecule has 0 saturated carbocycles. The minimum Gasteiger partial charge on any atom is -0.422 e. The first-order chi connectivity index (χ1) is 10.0. The van der Waals surface area contributed by atoms with Gasteiger partial charge >= 0.3 is 5.63 Å². The number of carbonyl (C=O) groups is 1. The van der Waals surface area contributed by atoms with Crippen LogP contribution < -0.4 is 16.3 Å². The van der Waals surface area contributed by atoms with Gasteiger partial charge in [0.2, 0.25) is 0 Å². The van der Waals surface area contributed by atoms with E-state index in [4.69, 9.17) is 4.42 Å². The van der Waals surface area contributed by atoms with Gasteiger partial charge in [-0.05, 0) is 50.7 Å². The monoisotopic (exact) mass is 352 g/mol. The number of amides is 1. The Morgan fingerprint density at radius 1 is 1.33 bits per heavy atom. The van der Waals surface area contributed by atoms with Gasteiger partial charge in [-0.1, -0.05) is 15.9 Å². The molecule has 1 amide bonds. The van der Waals surface area contributed by atoms with E-state index in [-0.39, 0.29) is 11.5 Å². The van der Waals surface area contributed by atoms with Crippen LogP contribution in [0.4, 0.5) is 0 Å². The van der Waals surface area contributed by atoms with Crippen LogP contribution in [0.25, 0.3) is 11.0 Å². The number of fused-ring (bicyclic) bond motifs is 1. The first-order valence-electron chi connectivity index (χ1n) is 6.70. The number of carbonyl (C=O) groups excluding carboxylic acids is 1. The lowest BCUT2D eigenvalue weighted by Gasteiger charge is -2.09. The van der Waals surface area contributed by atoms with Crippen LogP contribution in [0.1, 0.15) is 22.3 Å². The molecule has 1 aromatic heterocycles. The highest BCUT2D eigenvalue weighted by molar-refractivity contribution is 9.10. The van der Waals surface area contributed by atoms with E-state index < -0.39 is 5.63 Å². The van der Waals surface area contributed by atoms with Gasteiger partial charge in [0.1, 0.15) is 11.1 Å². The molecule has 0 atom stereocenters. The van der Waals surface area contributed by atoms with E-state index in [1.54, 1.807) is 19.1 Å². The zero-order chi connectivity index (χ0) is 15.4. The fourth-order valence-electron chi connectivity index (χ4n) is 2.14. The zero-order valence-corrected chi connectivity index (χ0v) is 13.5. The Morgan fingerprint density at radius 3 is 2.81 bits per heavy atom. The third-order valence-corrected chi connectivity index (χ3v) is 3.74. The van der Waals surface area contributed by atoms with E-state index in [2.05, 4.69) is 26.6 Å². The standard InChI is InChI=1S/C15H17BrN2O3/c1-9-11-8-10(16)4-5-12(11)21-15(20)13(9)14(19)18-7-3-6-17-2/h4-5,8,17H,3,6-7H2,1-2H3,(H,18,19). The zero-order valence-electron chi connectivity index (χ0n) is 12.0. The van der Waals surface area contributed by atoms with Crippen LogP contribution >= 0.6 is 15.9 Å². The van der Waals surface area contributed by atoms with Crippen molar-refractivity contribution in [2.45, 2.75) is 13.3 Å². The predicted octanol–water partition coefficient (Wildman–Crippen LogP) is 2.20. The Hall–Kier alpha value is -1.66. The molecule has 0 fully saturated rings. The van der Waals surface area contributed by atoms with Gasteiger partial charge in [-0.2, -0.15) is 0 Å². The summed E-state index contributed by atoms with van der Waals surface area (Å²) in [5.41, 5.74) is 0.583. The fraction of sp³-hybridized carbons (Fsp3) is 0.333. The second-order valence-electron chi connectivity index (χ2n) is 4.74. The van der Waals surface area contributed by atoms with Crippen LogP contribution in [0.3, 0.4) is 0 Å². The molecule has 5 nitrogen and oxygen atoms in total. The largest absolute Gasteiger partial charge is 0.422 e. The number of aryl methyl sites for hydroxylation is 1. The molecule has 21 heavy (non-hydrogen) atoms. The average molecular weight is 353 g/mol. The van der Waals surface area contributed by atoms with Gasteiger partial charge in [0.05, 0.1) is 0 Å². The van der Waals surface area contributed by atoms with Gasteiger partial charge < -0.3 is 15.1 Å². The maximum absolute atomic E-state index is 12.2. The Labute approximate surface area is 130 Å². The molecule has 0 unspecified atom stereocenters. The van der Waals surface area contributed by atoms with Crippen molar-refractivity contribution in [1.29, 1.82) is 0 Å². The van der Waals surface area contributed by atoms with Gasteiger partial charge in [-0.15, -0.1) is 0 Å². The van der Waals surface area contributed by atoms with E-state index in [1.165, 1.54) is 0 Å². The van der Waals surface area contributed by atoms with Crippen molar-refractivity contribution in [2.75, 3.05) is 20.1 Å². The summed E-state index contributed by atoms with van der Waals surface area (Å²) >= 11 is 3.38. The summed E-state index contributed by atoms with van der Waals surface area (Å²) in [5.74, 6) is -0.390. The molecule has 6 heteroatoms. The number of halogens is 1. The van der Waals surface area contributed by atoms with Crippen LogP contribution in [0.15, 0.2) is 31.9 Å².